The number of H-pyrrole nitrogens is 1. The molecule has 2 aromatic carbocycles. The number of nitrogens with two attached hydrogens (primary N) is 1. The van der Waals surface area contributed by atoms with Crippen LogP contribution >= 0.6 is 0 Å². The number of rotatable bonds is 5. The molecule has 26 heavy (non-hydrogen) atoms. The van der Waals surface area contributed by atoms with Crippen molar-refractivity contribution in [2.45, 2.75) is 0 Å². The van der Waals surface area contributed by atoms with Crippen LogP contribution in [-0.4, -0.2) is 41.6 Å². The predicted octanol–water partition coefficient (Wildman–Crippen LogP) is 1.03. The van der Waals surface area contributed by atoms with E-state index in [0.29, 0.717) is 24.5 Å². The summed E-state index contributed by atoms with van der Waals surface area (Å²) in [5, 5.41) is 15.0. The van der Waals surface area contributed by atoms with Gasteiger partial charge < -0.3 is 16.4 Å². The van der Waals surface area contributed by atoms with Gasteiger partial charge >= 0.3 is 0 Å². The van der Waals surface area contributed by atoms with Gasteiger partial charge in [-0.3, -0.25) is 14.7 Å². The molecule has 0 aliphatic carbocycles. The molecule has 132 valence electrons. The molecular formula is C19H19N5O2. The summed E-state index contributed by atoms with van der Waals surface area (Å²) in [6, 6.07) is 15.8. The van der Waals surface area contributed by atoms with Crippen molar-refractivity contribution in [3.8, 4) is 11.3 Å². The number of nitrogens with zero attached hydrogens (tertiary/aromatic N) is 1. The van der Waals surface area contributed by atoms with Gasteiger partial charge in [0.2, 0.25) is 5.91 Å². The lowest BCUT2D eigenvalue weighted by Crippen LogP contribution is -2.65. The first-order chi connectivity index (χ1) is 12.6. The zero-order valence-corrected chi connectivity index (χ0v) is 14.1. The molecule has 1 fully saturated rings. The molecular weight excluding hydrogens is 330 g/mol. The first kappa shape index (κ1) is 16.3. The van der Waals surface area contributed by atoms with Gasteiger partial charge in [-0.1, -0.05) is 36.4 Å². The number of nitrogens with one attached hydrogen (secondary N) is 3. The van der Waals surface area contributed by atoms with Crippen molar-refractivity contribution in [3.63, 3.8) is 0 Å². The number of primary amides is 1. The number of aromatic amines is 1. The normalized spacial score (nSPS) is 15.4. The zero-order chi connectivity index (χ0) is 18.1. The van der Waals surface area contributed by atoms with Crippen LogP contribution in [0.1, 0.15) is 10.5 Å². The van der Waals surface area contributed by atoms with Crippen LogP contribution in [0.2, 0.25) is 0 Å². The first-order valence-corrected chi connectivity index (χ1v) is 8.41. The fourth-order valence-corrected chi connectivity index (χ4v) is 3.09. The predicted molar refractivity (Wildman–Crippen MR) is 98.4 cm³/mol. The van der Waals surface area contributed by atoms with Crippen molar-refractivity contribution in [3.05, 3.63) is 54.2 Å². The van der Waals surface area contributed by atoms with Crippen LogP contribution in [0.5, 0.6) is 0 Å². The van der Waals surface area contributed by atoms with Gasteiger partial charge in [-0.2, -0.15) is 5.10 Å². The number of benzene rings is 2. The fraction of sp³-hybridized carbons (Fsp3) is 0.211. The summed E-state index contributed by atoms with van der Waals surface area (Å²) in [5.41, 5.74) is 6.70. The molecule has 0 atom stereocenters. The quantitative estimate of drug-likeness (QED) is 0.551. The Morgan fingerprint density at radius 3 is 2.58 bits per heavy atom. The zero-order valence-electron chi connectivity index (χ0n) is 14.1. The molecule has 7 heteroatoms. The Morgan fingerprint density at radius 1 is 1.12 bits per heavy atom. The van der Waals surface area contributed by atoms with E-state index in [-0.39, 0.29) is 12.5 Å². The third-order valence-electron chi connectivity index (χ3n) is 4.90. The second-order valence-corrected chi connectivity index (χ2v) is 6.66. The maximum Gasteiger partial charge on any atom is 0.269 e. The molecule has 1 aliphatic heterocycles. The van der Waals surface area contributed by atoms with Crippen molar-refractivity contribution in [1.29, 1.82) is 0 Å². The summed E-state index contributed by atoms with van der Waals surface area (Å²) in [4.78, 5) is 23.9. The topological polar surface area (TPSA) is 113 Å². The highest BCUT2D eigenvalue weighted by molar-refractivity contribution is 5.94. The SMILES string of the molecule is NC(=O)C1(CNC(=O)c2cc(-c3ccc4ccccc4c3)n[nH]2)CNC1. The van der Waals surface area contributed by atoms with Crippen LogP contribution in [0.15, 0.2) is 48.5 Å². The van der Waals surface area contributed by atoms with E-state index in [1.165, 1.54) is 0 Å². The molecule has 4 rings (SSSR count). The summed E-state index contributed by atoms with van der Waals surface area (Å²) < 4.78 is 0. The Balaban J connectivity index is 1.50. The summed E-state index contributed by atoms with van der Waals surface area (Å²) in [6.45, 7) is 1.17. The Labute approximate surface area is 150 Å². The minimum absolute atomic E-state index is 0.207. The van der Waals surface area contributed by atoms with Crippen LogP contribution < -0.4 is 16.4 Å². The Morgan fingerprint density at radius 2 is 1.88 bits per heavy atom. The van der Waals surface area contributed by atoms with Crippen LogP contribution in [-0.2, 0) is 4.79 Å². The van der Waals surface area contributed by atoms with Gasteiger partial charge in [-0.25, -0.2) is 0 Å². The summed E-state index contributed by atoms with van der Waals surface area (Å²) in [7, 11) is 0. The lowest BCUT2D eigenvalue weighted by Gasteiger charge is -2.39. The lowest BCUT2D eigenvalue weighted by molar-refractivity contribution is -0.130. The molecule has 0 radical (unpaired) electrons. The average Bonchev–Trinajstić information content (AvgIpc) is 3.10. The molecule has 1 aromatic heterocycles. The van der Waals surface area contributed by atoms with E-state index in [0.717, 1.165) is 16.3 Å². The second-order valence-electron chi connectivity index (χ2n) is 6.66. The molecule has 7 nitrogen and oxygen atoms in total. The minimum Gasteiger partial charge on any atom is -0.369 e. The van der Waals surface area contributed by atoms with Gasteiger partial charge in [0.1, 0.15) is 5.69 Å². The van der Waals surface area contributed by atoms with Gasteiger partial charge in [0.15, 0.2) is 0 Å². The van der Waals surface area contributed by atoms with Gasteiger partial charge in [-0.05, 0) is 22.9 Å². The van der Waals surface area contributed by atoms with E-state index in [2.05, 4.69) is 20.8 Å². The number of amides is 2. The summed E-state index contributed by atoms with van der Waals surface area (Å²) in [6.07, 6.45) is 0. The van der Waals surface area contributed by atoms with Crippen LogP contribution in [0.25, 0.3) is 22.0 Å². The van der Waals surface area contributed by atoms with Crippen molar-refractivity contribution < 1.29 is 9.59 Å². The number of hydrogen-bond acceptors (Lipinski definition) is 4. The van der Waals surface area contributed by atoms with Gasteiger partial charge in [0.25, 0.3) is 5.91 Å². The second kappa shape index (κ2) is 6.27. The molecule has 1 saturated heterocycles. The van der Waals surface area contributed by atoms with E-state index < -0.39 is 11.3 Å². The van der Waals surface area contributed by atoms with Crippen LogP contribution in [0.3, 0.4) is 0 Å². The minimum atomic E-state index is -0.698. The fourth-order valence-electron chi connectivity index (χ4n) is 3.09. The molecule has 0 saturated carbocycles. The molecule has 0 bridgehead atoms. The van der Waals surface area contributed by atoms with Crippen LogP contribution in [0.4, 0.5) is 0 Å². The molecule has 0 spiro atoms. The molecule has 2 amide bonds. The smallest absolute Gasteiger partial charge is 0.269 e. The number of carbonyl (C=O) groups is 2. The molecule has 0 unspecified atom stereocenters. The van der Waals surface area contributed by atoms with E-state index in [1.54, 1.807) is 6.07 Å². The van der Waals surface area contributed by atoms with Crippen molar-refractivity contribution in [2.24, 2.45) is 11.1 Å². The Hall–Kier alpha value is -3.19. The standard InChI is InChI=1S/C19H19N5O2/c20-18(26)19(9-21-10-19)11-22-17(25)16-8-15(23-24-16)14-6-5-12-3-1-2-4-13(12)7-14/h1-8,21H,9-11H2,(H2,20,26)(H,22,25)(H,23,24). The number of carbonyl (C=O) groups excluding carboxylic acids is 2. The van der Waals surface area contributed by atoms with Gasteiger partial charge in [0.05, 0.1) is 11.1 Å². The van der Waals surface area contributed by atoms with Crippen LogP contribution in [0, 0.1) is 5.41 Å². The molecule has 2 heterocycles. The summed E-state index contributed by atoms with van der Waals surface area (Å²) >= 11 is 0. The number of aromatic nitrogens is 2. The Bertz CT molecular complexity index is 990. The molecule has 3 aromatic rings. The van der Waals surface area contributed by atoms with Crippen molar-refractivity contribution in [1.82, 2.24) is 20.8 Å². The van der Waals surface area contributed by atoms with Crippen molar-refractivity contribution in [2.75, 3.05) is 19.6 Å². The average molecular weight is 349 g/mol. The number of fused-ring (bicyclic) bond motifs is 1. The van der Waals surface area contributed by atoms with Gasteiger partial charge in [-0.15, -0.1) is 0 Å². The highest BCUT2D eigenvalue weighted by atomic mass is 16.2. The monoisotopic (exact) mass is 349 g/mol. The molecule has 5 N–H and O–H groups in total. The number of hydrogen-bond donors (Lipinski definition) is 4. The van der Waals surface area contributed by atoms with E-state index in [1.807, 2.05) is 42.5 Å². The maximum atomic E-state index is 12.4. The van der Waals surface area contributed by atoms with E-state index >= 15 is 0 Å². The largest absolute Gasteiger partial charge is 0.369 e. The van der Waals surface area contributed by atoms with Crippen molar-refractivity contribution >= 4 is 22.6 Å². The summed E-state index contributed by atoms with van der Waals surface area (Å²) in [5.74, 6) is -0.713. The Kier molecular flexibility index (Phi) is 3.93. The van der Waals surface area contributed by atoms with E-state index in [4.69, 9.17) is 5.73 Å². The third-order valence-corrected chi connectivity index (χ3v) is 4.90. The highest BCUT2D eigenvalue weighted by Gasteiger charge is 2.43. The lowest BCUT2D eigenvalue weighted by atomic mass is 9.81. The highest BCUT2D eigenvalue weighted by Crippen LogP contribution is 2.24. The van der Waals surface area contributed by atoms with Gasteiger partial charge in [0, 0.05) is 25.2 Å². The molecule has 1 aliphatic rings. The third kappa shape index (κ3) is 2.82. The van der Waals surface area contributed by atoms with E-state index in [9.17, 15) is 9.59 Å². The first-order valence-electron chi connectivity index (χ1n) is 8.41. The maximum absolute atomic E-state index is 12.4.